The Kier molecular flexibility index (Phi) is 20.5. The molecule has 12 aliphatic rings. The molecule has 0 radical (unpaired) electrons. The van der Waals surface area contributed by atoms with E-state index in [1.165, 1.54) is 6.07 Å². The summed E-state index contributed by atoms with van der Waals surface area (Å²) < 4.78 is 0. The quantitative estimate of drug-likeness (QED) is 0.0728. The number of amides is 8. The van der Waals surface area contributed by atoms with Crippen LogP contribution in [0, 0.1) is 5.92 Å². The lowest BCUT2D eigenvalue weighted by Gasteiger charge is -2.23. The Morgan fingerprint density at radius 3 is 1.24 bits per heavy atom. The highest BCUT2D eigenvalue weighted by Crippen LogP contribution is 2.36. The van der Waals surface area contributed by atoms with Gasteiger partial charge in [-0.05, 0) is 93.1 Å². The highest BCUT2D eigenvalue weighted by atomic mass is 16.3. The molecule has 79 heavy (non-hydrogen) atoms. The Morgan fingerprint density at radius 1 is 0.468 bits per heavy atom. The Labute approximate surface area is 451 Å². The van der Waals surface area contributed by atoms with Gasteiger partial charge in [-0.3, -0.25) is 43.3 Å². The molecule has 27 nitrogen and oxygen atoms in total. The molecule has 16 rings (SSSR count). The van der Waals surface area contributed by atoms with E-state index in [9.17, 15) is 79.2 Å². The largest absolute Gasteiger partial charge is 0.504 e. The predicted molar refractivity (Wildman–Crippen MR) is 281 cm³/mol. The van der Waals surface area contributed by atoms with Crippen LogP contribution in [0.5, 0.6) is 46.0 Å². The molecule has 19 N–H and O–H groups in total. The van der Waals surface area contributed by atoms with Gasteiger partial charge in [0.05, 0.1) is 44.5 Å². The number of rotatable bonds is 10. The minimum Gasteiger partial charge on any atom is -0.504 e. The molecule has 12 heterocycles. The van der Waals surface area contributed by atoms with E-state index in [-0.39, 0.29) is 113 Å². The molecule has 0 aliphatic carbocycles. The first-order chi connectivity index (χ1) is 37.8. The van der Waals surface area contributed by atoms with Crippen molar-refractivity contribution in [2.45, 2.75) is 38.5 Å². The van der Waals surface area contributed by atoms with Crippen molar-refractivity contribution in [2.24, 2.45) is 11.7 Å². The normalized spacial score (nSPS) is 16.5. The second-order valence-corrected chi connectivity index (χ2v) is 18.3. The van der Waals surface area contributed by atoms with Gasteiger partial charge in [-0.2, -0.15) is 0 Å². The Hall–Kier alpha value is -9.50. The number of nitrogens with one attached hydrogen (secondary N) is 9. The number of hydrogen-bond donors (Lipinski definition) is 18. The zero-order valence-corrected chi connectivity index (χ0v) is 42.7. The summed E-state index contributed by atoms with van der Waals surface area (Å²) in [4.78, 5) is 109. The minimum atomic E-state index is -1.12. The van der Waals surface area contributed by atoms with Crippen LogP contribution in [0.4, 0.5) is 0 Å². The summed E-state index contributed by atoms with van der Waals surface area (Å²) in [7, 11) is 0. The van der Waals surface area contributed by atoms with Gasteiger partial charge >= 0.3 is 0 Å². The summed E-state index contributed by atoms with van der Waals surface area (Å²) in [5, 5.41) is 110. The molecule has 0 saturated heterocycles. The highest BCUT2D eigenvalue weighted by Gasteiger charge is 2.27. The Bertz CT molecular complexity index is 2930. The second kappa shape index (κ2) is 27.5. The lowest BCUT2D eigenvalue weighted by atomic mass is 9.96. The van der Waals surface area contributed by atoms with Crippen LogP contribution in [0.15, 0.2) is 60.6 Å². The van der Waals surface area contributed by atoms with Crippen LogP contribution >= 0.6 is 0 Å². The third-order valence-corrected chi connectivity index (χ3v) is 13.0. The zero-order valence-electron chi connectivity index (χ0n) is 42.7. The lowest BCUT2D eigenvalue weighted by Crippen LogP contribution is -2.42. The summed E-state index contributed by atoms with van der Waals surface area (Å²) in [5.41, 5.74) is 2.20. The molecular weight excluding hydrogens is 1030 g/mol. The summed E-state index contributed by atoms with van der Waals surface area (Å²) in [6.07, 6.45) is 3.87. The standard InChI is InChI=1S/C52H63N11O16/c53-15-2-1-3-16-55-45(72)28-4-6-32(39(66)37(28)64)49(76)59-21-24-63-23-20-54-26-36-61-51(78)34-10-8-30(41(68)43(34)70)47(74)57-18-13-27(14-19-58-48(75)31-9-11-35(52(79)62-36)44(71)42(31)69)12-17-56-46(73)29-5-7-33(40(67)38(29)65)50(77)60-22-25-63/h4-11,26-27,54,64-71H,1-3,12-25,53H2,(H,55,72)(H,56,73)(H,57,74)(H,58,75)(H,59,76)(H,60,77)(H,61,78)(H,62,79). The topological polar surface area (TPSA) is 436 Å². The van der Waals surface area contributed by atoms with Crippen molar-refractivity contribution in [1.29, 1.82) is 0 Å². The third kappa shape index (κ3) is 14.9. The van der Waals surface area contributed by atoms with Crippen molar-refractivity contribution in [1.82, 2.24) is 52.8 Å². The first-order valence-corrected chi connectivity index (χ1v) is 25.2. The molecule has 0 saturated carbocycles. The van der Waals surface area contributed by atoms with Crippen molar-refractivity contribution in [3.8, 4) is 46.0 Å². The molecule has 0 atom stereocenters. The fraction of sp³-hybridized carbons (Fsp3) is 0.346. The van der Waals surface area contributed by atoms with Crippen LogP contribution in [-0.2, 0) is 0 Å². The number of carbonyl (C=O) groups excluding carboxylic acids is 8. The number of unbranched alkanes of at least 4 members (excludes halogenated alkanes) is 2. The van der Waals surface area contributed by atoms with Gasteiger partial charge in [0.2, 0.25) is 0 Å². The van der Waals surface area contributed by atoms with E-state index >= 15 is 0 Å². The molecule has 8 amide bonds. The summed E-state index contributed by atoms with van der Waals surface area (Å²) in [5.74, 6) is -15.3. The number of nitrogens with zero attached hydrogens (tertiary/aromatic N) is 1. The molecule has 8 bridgehead atoms. The smallest absolute Gasteiger partial charge is 0.260 e. The van der Waals surface area contributed by atoms with Gasteiger partial charge in [-0.1, -0.05) is 6.42 Å². The minimum absolute atomic E-state index is 0.0227. The van der Waals surface area contributed by atoms with Gasteiger partial charge in [0.25, 0.3) is 47.3 Å². The number of nitrogens with two attached hydrogens (primary N) is 1. The first kappa shape index (κ1) is 58.8. The first-order valence-electron chi connectivity index (χ1n) is 25.2. The fourth-order valence-corrected chi connectivity index (χ4v) is 8.48. The Balaban J connectivity index is 1.30. The number of hydrogen-bond acceptors (Lipinski definition) is 19. The lowest BCUT2D eigenvalue weighted by molar-refractivity contribution is 0.0919. The maximum Gasteiger partial charge on any atom is 0.260 e. The van der Waals surface area contributed by atoms with Gasteiger partial charge in [0.15, 0.2) is 46.0 Å². The van der Waals surface area contributed by atoms with Crippen molar-refractivity contribution in [2.75, 3.05) is 72.0 Å². The molecule has 0 spiro atoms. The third-order valence-electron chi connectivity index (χ3n) is 13.0. The maximum atomic E-state index is 13.7. The average Bonchev–Trinajstić information content (AvgIpc) is 3.41. The summed E-state index contributed by atoms with van der Waals surface area (Å²) in [6.45, 7) is 0.452. The van der Waals surface area contributed by atoms with Crippen LogP contribution < -0.4 is 53.6 Å². The highest BCUT2D eigenvalue weighted by molar-refractivity contribution is 6.06. The van der Waals surface area contributed by atoms with Crippen molar-refractivity contribution in [3.05, 3.63) is 105 Å². The monoisotopic (exact) mass is 1100 g/mol. The van der Waals surface area contributed by atoms with Crippen molar-refractivity contribution in [3.63, 3.8) is 0 Å². The molecular formula is C52H63N11O16. The van der Waals surface area contributed by atoms with E-state index in [4.69, 9.17) is 5.73 Å². The van der Waals surface area contributed by atoms with Gasteiger partial charge in [-0.25, -0.2) is 0 Å². The Morgan fingerprint density at radius 2 is 0.835 bits per heavy atom. The molecule has 0 unspecified atom stereocenters. The predicted octanol–water partition coefficient (Wildman–Crippen LogP) is -0.0964. The van der Waals surface area contributed by atoms with Crippen LogP contribution in [0.2, 0.25) is 0 Å². The van der Waals surface area contributed by atoms with E-state index in [2.05, 4.69) is 47.9 Å². The van der Waals surface area contributed by atoms with E-state index in [1.54, 1.807) is 4.90 Å². The zero-order chi connectivity index (χ0) is 57.3. The molecule has 12 aliphatic heterocycles. The van der Waals surface area contributed by atoms with E-state index < -0.39 is 121 Å². The maximum absolute atomic E-state index is 13.7. The molecule has 0 aromatic heterocycles. The molecule has 4 aromatic carbocycles. The van der Waals surface area contributed by atoms with Crippen LogP contribution in [0.1, 0.15) is 121 Å². The van der Waals surface area contributed by atoms with Gasteiger partial charge in [-0.15, -0.1) is 0 Å². The number of benzene rings is 4. The summed E-state index contributed by atoms with van der Waals surface area (Å²) >= 11 is 0. The van der Waals surface area contributed by atoms with Gasteiger partial charge in [0, 0.05) is 71.6 Å². The summed E-state index contributed by atoms with van der Waals surface area (Å²) in [6, 6.07) is 8.83. The molecule has 4 aromatic rings. The van der Waals surface area contributed by atoms with Crippen LogP contribution in [-0.4, -0.2) is 165 Å². The van der Waals surface area contributed by atoms with Gasteiger partial charge < -0.3 is 94.4 Å². The second-order valence-electron chi connectivity index (χ2n) is 18.3. The molecule has 0 fully saturated rings. The average molecular weight is 1100 g/mol. The van der Waals surface area contributed by atoms with Crippen LogP contribution in [0.3, 0.4) is 0 Å². The van der Waals surface area contributed by atoms with E-state index in [1.807, 2.05) is 0 Å². The van der Waals surface area contributed by atoms with Gasteiger partial charge in [0.1, 0.15) is 5.82 Å². The molecule has 27 heteroatoms. The van der Waals surface area contributed by atoms with E-state index in [0.717, 1.165) is 61.5 Å². The fourth-order valence-electron chi connectivity index (χ4n) is 8.48. The van der Waals surface area contributed by atoms with Crippen molar-refractivity contribution >= 4 is 47.3 Å². The number of phenolic OH excluding ortho intramolecular Hbond substituents is 8. The van der Waals surface area contributed by atoms with Crippen LogP contribution in [0.25, 0.3) is 0 Å². The molecule has 422 valence electrons. The van der Waals surface area contributed by atoms with Crippen molar-refractivity contribution < 1.29 is 79.2 Å². The number of carbonyl (C=O) groups is 8. The number of phenols is 8. The SMILES string of the molecule is NCCCCCNC(=O)c1ccc(C(=O)NCCN2CCNC=C3NC(=O)c4ccc(c(O)c4O)C(=O)NCCC(CCNC(=O)c4ccc(c(O)c4O)C(=O)NCC2)CCNC(=O)c2ccc(c(O)c2O)C(=O)N3)c(O)c1O. The van der Waals surface area contributed by atoms with E-state index in [0.29, 0.717) is 13.0 Å². The number of aromatic hydroxyl groups is 8.